The summed E-state index contributed by atoms with van der Waals surface area (Å²) in [5, 5.41) is 5.22. The van der Waals surface area contributed by atoms with Crippen LogP contribution in [0.2, 0.25) is 0 Å². The van der Waals surface area contributed by atoms with Crippen LogP contribution in [0.3, 0.4) is 0 Å². The van der Waals surface area contributed by atoms with Crippen LogP contribution in [-0.2, 0) is 5.54 Å². The molecule has 0 amide bonds. The Labute approximate surface area is 162 Å². The molecular weight excluding hydrogens is 350 g/mol. The van der Waals surface area contributed by atoms with Crippen molar-refractivity contribution in [3.63, 3.8) is 0 Å². The van der Waals surface area contributed by atoms with Crippen molar-refractivity contribution >= 4 is 10.9 Å². The highest BCUT2D eigenvalue weighted by Gasteiger charge is 2.36. The maximum Gasteiger partial charge on any atom is 0.258 e. The highest BCUT2D eigenvalue weighted by molar-refractivity contribution is 5.95. The van der Waals surface area contributed by atoms with E-state index in [2.05, 4.69) is 29.2 Å². The summed E-state index contributed by atoms with van der Waals surface area (Å²) in [6, 6.07) is 12.1. The molecule has 1 saturated carbocycles. The van der Waals surface area contributed by atoms with Gasteiger partial charge in [0.05, 0.1) is 22.3 Å². The molecule has 0 unspecified atom stereocenters. The van der Waals surface area contributed by atoms with Crippen molar-refractivity contribution in [1.82, 2.24) is 20.1 Å². The number of hydrogen-bond donors (Lipinski definition) is 1. The predicted molar refractivity (Wildman–Crippen MR) is 107 cm³/mol. The lowest BCUT2D eigenvalue weighted by atomic mass is 9.98. The summed E-state index contributed by atoms with van der Waals surface area (Å²) in [6.07, 6.45) is 7.54. The van der Waals surface area contributed by atoms with Crippen LogP contribution >= 0.6 is 0 Å². The van der Waals surface area contributed by atoms with Crippen molar-refractivity contribution < 1.29 is 4.52 Å². The number of benzene rings is 1. The summed E-state index contributed by atoms with van der Waals surface area (Å²) in [7, 11) is 0. The van der Waals surface area contributed by atoms with Crippen molar-refractivity contribution in [2.45, 2.75) is 38.1 Å². The van der Waals surface area contributed by atoms with E-state index in [1.165, 1.54) is 0 Å². The number of aromatic nitrogens is 4. The van der Waals surface area contributed by atoms with Crippen molar-refractivity contribution in [2.75, 3.05) is 0 Å². The SMILES string of the molecule is Cc1ccc2nc(-c3cccnc3)cc(-c3nc(C4(N)CCCC4)no3)c2c1. The van der Waals surface area contributed by atoms with Crippen LogP contribution < -0.4 is 5.73 Å². The van der Waals surface area contributed by atoms with Gasteiger partial charge in [-0.05, 0) is 50.1 Å². The summed E-state index contributed by atoms with van der Waals surface area (Å²) < 4.78 is 5.68. The minimum absolute atomic E-state index is 0.479. The van der Waals surface area contributed by atoms with Gasteiger partial charge in [0.25, 0.3) is 5.89 Å². The van der Waals surface area contributed by atoms with Gasteiger partial charge in [-0.2, -0.15) is 4.98 Å². The van der Waals surface area contributed by atoms with E-state index >= 15 is 0 Å². The van der Waals surface area contributed by atoms with Crippen molar-refractivity contribution in [1.29, 1.82) is 0 Å². The molecule has 6 nitrogen and oxygen atoms in total. The molecule has 0 aliphatic heterocycles. The first kappa shape index (κ1) is 17.0. The number of nitrogens with zero attached hydrogens (tertiary/aromatic N) is 4. The number of fused-ring (bicyclic) bond motifs is 1. The topological polar surface area (TPSA) is 90.7 Å². The Balaban J connectivity index is 1.69. The van der Waals surface area contributed by atoms with E-state index in [9.17, 15) is 0 Å². The average Bonchev–Trinajstić information content (AvgIpc) is 3.38. The van der Waals surface area contributed by atoms with Crippen molar-refractivity contribution in [3.8, 4) is 22.7 Å². The summed E-state index contributed by atoms with van der Waals surface area (Å²) in [5.41, 5.74) is 10.7. The minimum atomic E-state index is -0.479. The van der Waals surface area contributed by atoms with Gasteiger partial charge in [0.1, 0.15) is 0 Å². The van der Waals surface area contributed by atoms with E-state index in [1.807, 2.05) is 24.3 Å². The van der Waals surface area contributed by atoms with Gasteiger partial charge in [-0.1, -0.05) is 29.6 Å². The first-order chi connectivity index (χ1) is 13.6. The van der Waals surface area contributed by atoms with E-state index in [1.54, 1.807) is 12.4 Å². The summed E-state index contributed by atoms with van der Waals surface area (Å²) in [5.74, 6) is 1.08. The Morgan fingerprint density at radius 2 is 1.93 bits per heavy atom. The molecule has 3 heterocycles. The average molecular weight is 371 g/mol. The fourth-order valence-electron chi connectivity index (χ4n) is 3.94. The molecule has 1 aliphatic rings. The van der Waals surface area contributed by atoms with Crippen LogP contribution in [0.4, 0.5) is 0 Å². The second-order valence-electron chi connectivity index (χ2n) is 7.60. The second kappa shape index (κ2) is 6.49. The van der Waals surface area contributed by atoms with Gasteiger partial charge in [-0.3, -0.25) is 4.98 Å². The third-order valence-corrected chi connectivity index (χ3v) is 5.52. The molecule has 5 rings (SSSR count). The number of aryl methyl sites for hydroxylation is 1. The first-order valence-corrected chi connectivity index (χ1v) is 9.58. The molecule has 6 heteroatoms. The smallest absolute Gasteiger partial charge is 0.258 e. The minimum Gasteiger partial charge on any atom is -0.334 e. The Kier molecular flexibility index (Phi) is 3.94. The van der Waals surface area contributed by atoms with Gasteiger partial charge >= 0.3 is 0 Å². The number of rotatable bonds is 3. The molecule has 1 fully saturated rings. The molecule has 0 spiro atoms. The molecule has 28 heavy (non-hydrogen) atoms. The van der Waals surface area contributed by atoms with Gasteiger partial charge in [0.2, 0.25) is 0 Å². The maximum absolute atomic E-state index is 6.52. The van der Waals surface area contributed by atoms with Gasteiger partial charge < -0.3 is 10.3 Å². The zero-order valence-corrected chi connectivity index (χ0v) is 15.7. The summed E-state index contributed by atoms with van der Waals surface area (Å²) in [4.78, 5) is 13.7. The molecule has 0 radical (unpaired) electrons. The third kappa shape index (κ3) is 2.86. The molecule has 140 valence electrons. The zero-order chi connectivity index (χ0) is 19.1. The van der Waals surface area contributed by atoms with Gasteiger partial charge in [-0.25, -0.2) is 4.98 Å². The van der Waals surface area contributed by atoms with Gasteiger partial charge in [0.15, 0.2) is 5.82 Å². The standard InChI is InChI=1S/C22H21N5O/c1-14-6-7-18-16(11-14)17(12-19(25-18)15-5-4-10-24-13-15)20-26-21(27-28-20)22(23)8-2-3-9-22/h4-7,10-13H,2-3,8-9,23H2,1H3. The fraction of sp³-hybridized carbons (Fsp3) is 0.273. The van der Waals surface area contributed by atoms with Crippen molar-refractivity contribution in [2.24, 2.45) is 5.73 Å². The van der Waals surface area contributed by atoms with E-state index in [-0.39, 0.29) is 0 Å². The molecule has 2 N–H and O–H groups in total. The molecule has 4 aromatic rings. The van der Waals surface area contributed by atoms with Crippen molar-refractivity contribution in [3.05, 3.63) is 60.2 Å². The second-order valence-corrected chi connectivity index (χ2v) is 7.60. The van der Waals surface area contributed by atoms with Crippen LogP contribution in [0.15, 0.2) is 53.3 Å². The Morgan fingerprint density at radius 1 is 1.07 bits per heavy atom. The lowest BCUT2D eigenvalue weighted by Crippen LogP contribution is -2.34. The van der Waals surface area contributed by atoms with Crippen LogP contribution in [-0.4, -0.2) is 20.1 Å². The van der Waals surface area contributed by atoms with Crippen LogP contribution in [0.1, 0.15) is 37.1 Å². The highest BCUT2D eigenvalue weighted by Crippen LogP contribution is 2.37. The van der Waals surface area contributed by atoms with E-state index in [4.69, 9.17) is 20.2 Å². The van der Waals surface area contributed by atoms with Crippen LogP contribution in [0.25, 0.3) is 33.6 Å². The normalized spacial score (nSPS) is 15.9. The number of nitrogens with two attached hydrogens (primary N) is 1. The predicted octanol–water partition coefficient (Wildman–Crippen LogP) is 4.38. The molecule has 3 aromatic heterocycles. The van der Waals surface area contributed by atoms with Crippen LogP contribution in [0, 0.1) is 6.92 Å². The zero-order valence-electron chi connectivity index (χ0n) is 15.7. The molecule has 0 atom stereocenters. The maximum atomic E-state index is 6.52. The highest BCUT2D eigenvalue weighted by atomic mass is 16.5. The Hall–Kier alpha value is -3.12. The largest absolute Gasteiger partial charge is 0.334 e. The lowest BCUT2D eigenvalue weighted by Gasteiger charge is -2.17. The lowest BCUT2D eigenvalue weighted by molar-refractivity contribution is 0.373. The monoisotopic (exact) mass is 371 g/mol. The molecule has 1 aromatic carbocycles. The van der Waals surface area contributed by atoms with E-state index in [0.717, 1.165) is 59.0 Å². The molecule has 1 aliphatic carbocycles. The van der Waals surface area contributed by atoms with E-state index in [0.29, 0.717) is 11.7 Å². The summed E-state index contributed by atoms with van der Waals surface area (Å²) in [6.45, 7) is 2.06. The molecule has 0 saturated heterocycles. The van der Waals surface area contributed by atoms with Gasteiger partial charge in [0, 0.05) is 23.3 Å². The Morgan fingerprint density at radius 3 is 2.71 bits per heavy atom. The van der Waals surface area contributed by atoms with Crippen LogP contribution in [0.5, 0.6) is 0 Å². The fourth-order valence-corrected chi connectivity index (χ4v) is 3.94. The third-order valence-electron chi connectivity index (χ3n) is 5.52. The quantitative estimate of drug-likeness (QED) is 0.574. The Bertz CT molecular complexity index is 1150. The van der Waals surface area contributed by atoms with Gasteiger partial charge in [-0.15, -0.1) is 0 Å². The summed E-state index contributed by atoms with van der Waals surface area (Å²) >= 11 is 0. The molecule has 0 bridgehead atoms. The number of pyridine rings is 2. The number of hydrogen-bond acceptors (Lipinski definition) is 6. The first-order valence-electron chi connectivity index (χ1n) is 9.58. The molecular formula is C22H21N5O. The van der Waals surface area contributed by atoms with E-state index < -0.39 is 5.54 Å².